The highest BCUT2D eigenvalue weighted by molar-refractivity contribution is 7.17. The Bertz CT molecular complexity index is 907. The van der Waals surface area contributed by atoms with Gasteiger partial charge in [-0.3, -0.25) is 19.9 Å². The minimum Gasteiger partial charge on any atom is -0.347 e. The van der Waals surface area contributed by atoms with Gasteiger partial charge in [-0.2, -0.15) is 0 Å². The quantitative estimate of drug-likeness (QED) is 0.560. The van der Waals surface area contributed by atoms with Gasteiger partial charge in [0.2, 0.25) is 0 Å². The molecule has 0 saturated carbocycles. The molecule has 126 valence electrons. The van der Waals surface area contributed by atoms with E-state index in [1.165, 1.54) is 23.5 Å². The van der Waals surface area contributed by atoms with Crippen molar-refractivity contribution < 1.29 is 9.72 Å². The Kier molecular flexibility index (Phi) is 4.80. The van der Waals surface area contributed by atoms with Gasteiger partial charge in [0.25, 0.3) is 11.6 Å². The average molecular weight is 354 g/mol. The monoisotopic (exact) mass is 354 g/mol. The number of rotatable bonds is 5. The van der Waals surface area contributed by atoms with Gasteiger partial charge in [-0.05, 0) is 24.6 Å². The van der Waals surface area contributed by atoms with Crippen LogP contribution in [0.2, 0.25) is 0 Å². The van der Waals surface area contributed by atoms with Gasteiger partial charge in [-0.15, -0.1) is 11.3 Å². The van der Waals surface area contributed by atoms with Crippen LogP contribution in [-0.2, 0) is 6.54 Å². The number of nitro benzene ring substituents is 1. The number of non-ortho nitro benzene ring substituents is 1. The van der Waals surface area contributed by atoms with E-state index in [4.69, 9.17) is 0 Å². The third-order valence-electron chi connectivity index (χ3n) is 3.49. The van der Waals surface area contributed by atoms with E-state index in [-0.39, 0.29) is 18.1 Å². The molecule has 0 spiro atoms. The molecule has 0 fully saturated rings. The number of amides is 1. The molecule has 7 nitrogen and oxygen atoms in total. The first-order valence-electron chi connectivity index (χ1n) is 7.45. The molecule has 1 amide bonds. The predicted molar refractivity (Wildman–Crippen MR) is 94.3 cm³/mol. The lowest BCUT2D eigenvalue weighted by atomic mass is 10.2. The molecule has 0 bridgehead atoms. The predicted octanol–water partition coefficient (Wildman–Crippen LogP) is 3.35. The van der Waals surface area contributed by atoms with Crippen LogP contribution < -0.4 is 5.32 Å². The summed E-state index contributed by atoms with van der Waals surface area (Å²) in [6.07, 6.45) is 1.68. The van der Waals surface area contributed by atoms with Crippen LogP contribution in [0.15, 0.2) is 48.7 Å². The van der Waals surface area contributed by atoms with Crippen molar-refractivity contribution in [3.63, 3.8) is 0 Å². The van der Waals surface area contributed by atoms with Crippen LogP contribution in [0.1, 0.15) is 20.9 Å². The molecular weight excluding hydrogens is 340 g/mol. The maximum atomic E-state index is 12.4. The molecule has 2 aromatic heterocycles. The first-order chi connectivity index (χ1) is 12.0. The fourth-order valence-corrected chi connectivity index (χ4v) is 3.16. The highest BCUT2D eigenvalue weighted by Crippen LogP contribution is 2.26. The Morgan fingerprint density at radius 2 is 2.00 bits per heavy atom. The maximum Gasteiger partial charge on any atom is 0.269 e. The van der Waals surface area contributed by atoms with Crippen LogP contribution in [0.25, 0.3) is 10.7 Å². The summed E-state index contributed by atoms with van der Waals surface area (Å²) in [7, 11) is 0. The van der Waals surface area contributed by atoms with E-state index < -0.39 is 4.92 Å². The van der Waals surface area contributed by atoms with Crippen LogP contribution >= 0.6 is 11.3 Å². The molecular formula is C17H14N4O3S. The number of hydrogen-bond donors (Lipinski definition) is 1. The van der Waals surface area contributed by atoms with Crippen molar-refractivity contribution >= 4 is 22.9 Å². The molecule has 3 rings (SSSR count). The molecule has 8 heteroatoms. The Labute approximate surface area is 147 Å². The zero-order valence-electron chi connectivity index (χ0n) is 13.3. The van der Waals surface area contributed by atoms with E-state index in [0.717, 1.165) is 11.3 Å². The summed E-state index contributed by atoms with van der Waals surface area (Å²) < 4.78 is 0. The molecule has 0 aliphatic carbocycles. The lowest BCUT2D eigenvalue weighted by Gasteiger charge is -2.04. The highest BCUT2D eigenvalue weighted by Gasteiger charge is 2.16. The Morgan fingerprint density at radius 3 is 2.64 bits per heavy atom. The molecule has 3 aromatic rings. The van der Waals surface area contributed by atoms with E-state index in [9.17, 15) is 14.9 Å². The minimum absolute atomic E-state index is 0.0216. The number of aryl methyl sites for hydroxylation is 1. The van der Waals surface area contributed by atoms with E-state index in [1.54, 1.807) is 25.3 Å². The van der Waals surface area contributed by atoms with Gasteiger partial charge >= 0.3 is 0 Å². The van der Waals surface area contributed by atoms with Crippen molar-refractivity contribution in [2.75, 3.05) is 0 Å². The van der Waals surface area contributed by atoms with E-state index in [0.29, 0.717) is 15.6 Å². The smallest absolute Gasteiger partial charge is 0.269 e. The number of benzene rings is 1. The van der Waals surface area contributed by atoms with E-state index in [1.807, 2.05) is 18.2 Å². The lowest BCUT2D eigenvalue weighted by molar-refractivity contribution is -0.384. The van der Waals surface area contributed by atoms with Crippen molar-refractivity contribution in [3.05, 3.63) is 74.9 Å². The van der Waals surface area contributed by atoms with E-state index in [2.05, 4.69) is 15.3 Å². The number of aromatic nitrogens is 2. The first kappa shape index (κ1) is 16.7. The fourth-order valence-electron chi connectivity index (χ4n) is 2.20. The highest BCUT2D eigenvalue weighted by atomic mass is 32.1. The van der Waals surface area contributed by atoms with Gasteiger partial charge in [0.05, 0.1) is 16.3 Å². The molecule has 0 atom stereocenters. The van der Waals surface area contributed by atoms with Gasteiger partial charge < -0.3 is 5.32 Å². The first-order valence-corrected chi connectivity index (χ1v) is 8.26. The summed E-state index contributed by atoms with van der Waals surface area (Å²) in [4.78, 5) is 31.8. The number of hydrogen-bond acceptors (Lipinski definition) is 6. The second-order valence-corrected chi connectivity index (χ2v) is 6.25. The van der Waals surface area contributed by atoms with Crippen LogP contribution in [0.4, 0.5) is 5.69 Å². The third-order valence-corrected chi connectivity index (χ3v) is 4.67. The summed E-state index contributed by atoms with van der Waals surface area (Å²) in [6, 6.07) is 11.6. The Morgan fingerprint density at radius 1 is 1.24 bits per heavy atom. The SMILES string of the molecule is Cc1nc(-c2ccccn2)sc1C(=O)NCc1ccc([N+](=O)[O-])cc1. The van der Waals surface area contributed by atoms with Crippen LogP contribution in [0, 0.1) is 17.0 Å². The number of nitrogens with one attached hydrogen (secondary N) is 1. The van der Waals surface area contributed by atoms with Crippen molar-refractivity contribution in [3.8, 4) is 10.7 Å². The second-order valence-electron chi connectivity index (χ2n) is 5.25. The number of carbonyl (C=O) groups is 1. The van der Waals surface area contributed by atoms with E-state index >= 15 is 0 Å². The summed E-state index contributed by atoms with van der Waals surface area (Å²) in [6.45, 7) is 2.07. The number of nitrogens with zero attached hydrogens (tertiary/aromatic N) is 3. The molecule has 25 heavy (non-hydrogen) atoms. The molecule has 0 aliphatic heterocycles. The summed E-state index contributed by atoms with van der Waals surface area (Å²) in [5, 5.41) is 14.1. The van der Waals surface area contributed by atoms with Gasteiger partial charge in [0.1, 0.15) is 9.88 Å². The Balaban J connectivity index is 1.69. The summed E-state index contributed by atoms with van der Waals surface area (Å²) in [5.74, 6) is -0.226. The largest absolute Gasteiger partial charge is 0.347 e. The van der Waals surface area contributed by atoms with Crippen molar-refractivity contribution in [1.82, 2.24) is 15.3 Å². The van der Waals surface area contributed by atoms with Crippen molar-refractivity contribution in [1.29, 1.82) is 0 Å². The number of carbonyl (C=O) groups excluding carboxylic acids is 1. The number of nitro groups is 1. The summed E-state index contributed by atoms with van der Waals surface area (Å²) in [5.41, 5.74) is 2.18. The number of pyridine rings is 1. The topological polar surface area (TPSA) is 98.0 Å². The Hall–Kier alpha value is -3.13. The molecule has 2 heterocycles. The third kappa shape index (κ3) is 3.86. The molecule has 0 radical (unpaired) electrons. The van der Waals surface area contributed by atoms with Gasteiger partial charge in [0.15, 0.2) is 0 Å². The molecule has 0 saturated heterocycles. The van der Waals surface area contributed by atoms with Gasteiger partial charge in [-0.25, -0.2) is 4.98 Å². The molecule has 1 N–H and O–H groups in total. The van der Waals surface area contributed by atoms with Crippen LogP contribution in [0.5, 0.6) is 0 Å². The number of thiazole rings is 1. The lowest BCUT2D eigenvalue weighted by Crippen LogP contribution is -2.22. The molecule has 0 aliphatic rings. The van der Waals surface area contributed by atoms with Gasteiger partial charge in [0, 0.05) is 24.9 Å². The molecule has 1 aromatic carbocycles. The average Bonchev–Trinajstić information content (AvgIpc) is 3.02. The van der Waals surface area contributed by atoms with Crippen LogP contribution in [-0.4, -0.2) is 20.8 Å². The molecule has 0 unspecified atom stereocenters. The normalized spacial score (nSPS) is 10.4. The standard InChI is InChI=1S/C17H14N4O3S/c1-11-15(25-17(20-11)14-4-2-3-9-18-14)16(22)19-10-12-5-7-13(8-6-12)21(23)24/h2-9H,10H2,1H3,(H,19,22). The van der Waals surface area contributed by atoms with Crippen LogP contribution in [0.3, 0.4) is 0 Å². The summed E-state index contributed by atoms with van der Waals surface area (Å²) >= 11 is 1.29. The van der Waals surface area contributed by atoms with Crippen molar-refractivity contribution in [2.24, 2.45) is 0 Å². The maximum absolute atomic E-state index is 12.4. The zero-order chi connectivity index (χ0) is 17.8. The fraction of sp³-hybridized carbons (Fsp3) is 0.118. The van der Waals surface area contributed by atoms with Crippen molar-refractivity contribution in [2.45, 2.75) is 13.5 Å². The second kappa shape index (κ2) is 7.18. The minimum atomic E-state index is -0.456. The van der Waals surface area contributed by atoms with Gasteiger partial charge in [-0.1, -0.05) is 18.2 Å². The zero-order valence-corrected chi connectivity index (χ0v) is 14.1.